The molecule has 138 valence electrons. The number of methoxy groups -OCH3 is 2. The van der Waals surface area contributed by atoms with E-state index in [0.717, 1.165) is 56.3 Å². The zero-order valence-electron chi connectivity index (χ0n) is 15.7. The Labute approximate surface area is 154 Å². The van der Waals surface area contributed by atoms with Crippen LogP contribution in [0.15, 0.2) is 30.5 Å². The summed E-state index contributed by atoms with van der Waals surface area (Å²) < 4.78 is 17.4. The fourth-order valence-corrected chi connectivity index (χ4v) is 4.29. The largest absolute Gasteiger partial charge is 0.493 e. The molecule has 1 saturated heterocycles. The Kier molecular flexibility index (Phi) is 4.49. The molecule has 1 aromatic carbocycles. The Hall–Kier alpha value is -2.27. The molecule has 26 heavy (non-hydrogen) atoms. The normalized spacial score (nSPS) is 18.5. The zero-order chi connectivity index (χ0) is 18.1. The standard InChI is InChI=1S/C21H26N2O3/c1-15-5-4-9-22-20(15)23-10-7-21(8-11-23)17-14-19(25-3)18(24-2)13-16(17)6-12-26-21/h4-5,9,13-14H,6-8,10-12H2,1-3H3. The minimum atomic E-state index is -0.230. The minimum Gasteiger partial charge on any atom is -0.493 e. The van der Waals surface area contributed by atoms with Crippen molar-refractivity contribution < 1.29 is 14.2 Å². The van der Waals surface area contributed by atoms with Crippen LogP contribution in [-0.4, -0.2) is 38.9 Å². The summed E-state index contributed by atoms with van der Waals surface area (Å²) in [6, 6.07) is 8.35. The molecule has 0 aliphatic carbocycles. The lowest BCUT2D eigenvalue weighted by molar-refractivity contribution is -0.0768. The smallest absolute Gasteiger partial charge is 0.161 e. The molecule has 2 aliphatic heterocycles. The minimum absolute atomic E-state index is 0.230. The Morgan fingerprint density at radius 2 is 1.85 bits per heavy atom. The van der Waals surface area contributed by atoms with E-state index in [9.17, 15) is 0 Å². The number of hydrogen-bond acceptors (Lipinski definition) is 5. The Balaban J connectivity index is 1.63. The van der Waals surface area contributed by atoms with Crippen molar-refractivity contribution >= 4 is 5.82 Å². The van der Waals surface area contributed by atoms with Gasteiger partial charge in [-0.3, -0.25) is 0 Å². The van der Waals surface area contributed by atoms with Gasteiger partial charge in [0.05, 0.1) is 26.4 Å². The third kappa shape index (κ3) is 2.80. The molecule has 2 aliphatic rings. The maximum atomic E-state index is 6.38. The molecule has 1 fully saturated rings. The number of aromatic nitrogens is 1. The molecule has 0 unspecified atom stereocenters. The first-order valence-electron chi connectivity index (χ1n) is 9.23. The molecule has 3 heterocycles. The van der Waals surface area contributed by atoms with Crippen molar-refractivity contribution in [2.24, 2.45) is 0 Å². The van der Waals surface area contributed by atoms with E-state index in [2.05, 4.69) is 35.0 Å². The summed E-state index contributed by atoms with van der Waals surface area (Å²) in [5, 5.41) is 0. The van der Waals surface area contributed by atoms with Gasteiger partial charge in [-0.1, -0.05) is 6.07 Å². The summed E-state index contributed by atoms with van der Waals surface area (Å²) in [4.78, 5) is 6.95. The maximum absolute atomic E-state index is 6.38. The fourth-order valence-electron chi connectivity index (χ4n) is 4.29. The molecule has 0 amide bonds. The molecule has 0 N–H and O–H groups in total. The molecule has 5 heteroatoms. The summed E-state index contributed by atoms with van der Waals surface area (Å²) in [5.74, 6) is 2.66. The lowest BCUT2D eigenvalue weighted by Crippen LogP contribution is -2.47. The number of anilines is 1. The summed E-state index contributed by atoms with van der Waals surface area (Å²) >= 11 is 0. The lowest BCUT2D eigenvalue weighted by Gasteiger charge is -2.45. The number of aryl methyl sites for hydroxylation is 1. The average molecular weight is 354 g/mol. The SMILES string of the molecule is COc1cc2c(cc1OC)C1(CCN(c3ncccc3C)CC1)OCC2. The fraction of sp³-hybridized carbons (Fsp3) is 0.476. The lowest BCUT2D eigenvalue weighted by atomic mass is 9.79. The van der Waals surface area contributed by atoms with Crippen LogP contribution in [-0.2, 0) is 16.8 Å². The second kappa shape index (κ2) is 6.80. The number of benzene rings is 1. The predicted octanol–water partition coefficient (Wildman–Crippen LogP) is 3.48. The summed E-state index contributed by atoms with van der Waals surface area (Å²) in [6.45, 7) is 4.75. The van der Waals surface area contributed by atoms with Crippen molar-refractivity contribution in [3.05, 3.63) is 47.2 Å². The molecule has 0 radical (unpaired) electrons. The van der Waals surface area contributed by atoms with Crippen LogP contribution >= 0.6 is 0 Å². The van der Waals surface area contributed by atoms with Crippen LogP contribution in [0.5, 0.6) is 11.5 Å². The van der Waals surface area contributed by atoms with Crippen LogP contribution in [0.4, 0.5) is 5.82 Å². The molecule has 0 bridgehead atoms. The van der Waals surface area contributed by atoms with E-state index in [4.69, 9.17) is 14.2 Å². The van der Waals surface area contributed by atoms with Gasteiger partial charge in [0.2, 0.25) is 0 Å². The van der Waals surface area contributed by atoms with Crippen LogP contribution in [0, 0.1) is 6.92 Å². The topological polar surface area (TPSA) is 43.8 Å². The van der Waals surface area contributed by atoms with Crippen LogP contribution < -0.4 is 14.4 Å². The first-order valence-corrected chi connectivity index (χ1v) is 9.23. The van der Waals surface area contributed by atoms with Crippen LogP contribution in [0.1, 0.15) is 29.5 Å². The van der Waals surface area contributed by atoms with Crippen molar-refractivity contribution in [1.82, 2.24) is 4.98 Å². The third-order valence-corrected chi connectivity index (χ3v) is 5.70. The van der Waals surface area contributed by atoms with Crippen LogP contribution in [0.3, 0.4) is 0 Å². The predicted molar refractivity (Wildman–Crippen MR) is 101 cm³/mol. The molecule has 0 saturated carbocycles. The van der Waals surface area contributed by atoms with Crippen molar-refractivity contribution in [3.63, 3.8) is 0 Å². The molecule has 4 rings (SSSR count). The van der Waals surface area contributed by atoms with Gasteiger partial charge in [0, 0.05) is 19.3 Å². The van der Waals surface area contributed by atoms with Gasteiger partial charge >= 0.3 is 0 Å². The van der Waals surface area contributed by atoms with Gasteiger partial charge in [-0.15, -0.1) is 0 Å². The van der Waals surface area contributed by atoms with E-state index in [1.54, 1.807) is 14.2 Å². The molecular weight excluding hydrogens is 328 g/mol. The van der Waals surface area contributed by atoms with Gasteiger partial charge in [0.15, 0.2) is 11.5 Å². The monoisotopic (exact) mass is 354 g/mol. The Morgan fingerprint density at radius 1 is 1.12 bits per heavy atom. The highest BCUT2D eigenvalue weighted by Gasteiger charge is 2.42. The number of pyridine rings is 1. The zero-order valence-corrected chi connectivity index (χ0v) is 15.7. The first-order chi connectivity index (χ1) is 12.7. The number of hydrogen-bond donors (Lipinski definition) is 0. The van der Waals surface area contributed by atoms with Crippen LogP contribution in [0.2, 0.25) is 0 Å². The second-order valence-electron chi connectivity index (χ2n) is 7.09. The van der Waals surface area contributed by atoms with E-state index in [1.807, 2.05) is 12.3 Å². The summed E-state index contributed by atoms with van der Waals surface area (Å²) in [6.07, 6.45) is 4.69. The van der Waals surface area contributed by atoms with Crippen molar-refractivity contribution in [2.75, 3.05) is 38.8 Å². The Morgan fingerprint density at radius 3 is 2.54 bits per heavy atom. The first kappa shape index (κ1) is 17.2. The molecule has 1 spiro atoms. The van der Waals surface area contributed by atoms with Gasteiger partial charge in [0.1, 0.15) is 5.82 Å². The average Bonchev–Trinajstić information content (AvgIpc) is 2.68. The summed E-state index contributed by atoms with van der Waals surface area (Å²) in [7, 11) is 3.38. The number of nitrogens with zero attached hydrogens (tertiary/aromatic N) is 2. The number of piperidine rings is 1. The molecule has 1 aromatic heterocycles. The van der Waals surface area contributed by atoms with E-state index in [1.165, 1.54) is 16.7 Å². The van der Waals surface area contributed by atoms with E-state index < -0.39 is 0 Å². The summed E-state index contributed by atoms with van der Waals surface area (Å²) in [5.41, 5.74) is 3.57. The number of rotatable bonds is 3. The van der Waals surface area contributed by atoms with E-state index >= 15 is 0 Å². The molecule has 2 aromatic rings. The highest BCUT2D eigenvalue weighted by Crippen LogP contribution is 2.45. The van der Waals surface area contributed by atoms with Gasteiger partial charge in [-0.2, -0.15) is 0 Å². The molecule has 0 atom stereocenters. The quantitative estimate of drug-likeness (QED) is 0.844. The van der Waals surface area contributed by atoms with Crippen molar-refractivity contribution in [1.29, 1.82) is 0 Å². The van der Waals surface area contributed by atoms with E-state index in [0.29, 0.717) is 0 Å². The van der Waals surface area contributed by atoms with Gasteiger partial charge in [0.25, 0.3) is 0 Å². The molecular formula is C21H26N2O3. The van der Waals surface area contributed by atoms with Gasteiger partial charge < -0.3 is 19.1 Å². The highest BCUT2D eigenvalue weighted by atomic mass is 16.5. The highest BCUT2D eigenvalue weighted by molar-refractivity contribution is 5.52. The van der Waals surface area contributed by atoms with Gasteiger partial charge in [-0.05, 0) is 61.1 Å². The Bertz CT molecular complexity index is 798. The van der Waals surface area contributed by atoms with Crippen molar-refractivity contribution in [3.8, 4) is 11.5 Å². The third-order valence-electron chi connectivity index (χ3n) is 5.70. The molecule has 5 nitrogen and oxygen atoms in total. The number of ether oxygens (including phenoxy) is 3. The maximum Gasteiger partial charge on any atom is 0.161 e. The van der Waals surface area contributed by atoms with Gasteiger partial charge in [-0.25, -0.2) is 4.98 Å². The van der Waals surface area contributed by atoms with Crippen molar-refractivity contribution in [2.45, 2.75) is 31.8 Å². The van der Waals surface area contributed by atoms with Crippen LogP contribution in [0.25, 0.3) is 0 Å². The second-order valence-corrected chi connectivity index (χ2v) is 7.09. The number of fused-ring (bicyclic) bond motifs is 2. The van der Waals surface area contributed by atoms with E-state index in [-0.39, 0.29) is 5.60 Å².